The Balaban J connectivity index is 1.34. The lowest BCUT2D eigenvalue weighted by Crippen LogP contribution is -2.38. The number of benzene rings is 2. The van der Waals surface area contributed by atoms with Crippen LogP contribution >= 0.6 is 0 Å². The summed E-state index contributed by atoms with van der Waals surface area (Å²) in [5.41, 5.74) is 0.902. The van der Waals surface area contributed by atoms with E-state index in [0.717, 1.165) is 5.56 Å². The third kappa shape index (κ3) is 4.42. The minimum absolute atomic E-state index is 0.0445. The van der Waals surface area contributed by atoms with E-state index < -0.39 is 5.91 Å². The maximum Gasteiger partial charge on any atom is 0.282 e. The highest BCUT2D eigenvalue weighted by atomic mass is 16.7. The molecule has 8 heteroatoms. The molecule has 0 aromatic heterocycles. The number of nitrogens with one attached hydrogen (secondary N) is 1. The first kappa shape index (κ1) is 20.2. The van der Waals surface area contributed by atoms with Gasteiger partial charge in [-0.1, -0.05) is 24.3 Å². The first-order valence-electron chi connectivity index (χ1n) is 9.64. The average Bonchev–Trinajstić information content (AvgIpc) is 3.15. The maximum absolute atomic E-state index is 12.3. The van der Waals surface area contributed by atoms with E-state index in [1.54, 1.807) is 50.5 Å². The van der Waals surface area contributed by atoms with E-state index in [-0.39, 0.29) is 11.4 Å². The summed E-state index contributed by atoms with van der Waals surface area (Å²) in [6, 6.07) is 14.6. The lowest BCUT2D eigenvalue weighted by atomic mass is 10.1. The highest BCUT2D eigenvalue weighted by molar-refractivity contribution is 6.32. The molecule has 1 N–H and O–H groups in total. The summed E-state index contributed by atoms with van der Waals surface area (Å²) in [5, 5.41) is 9.49. The van der Waals surface area contributed by atoms with Crippen LogP contribution in [0.4, 0.5) is 0 Å². The number of allylic oxidation sites excluding steroid dienone is 1. The van der Waals surface area contributed by atoms with Gasteiger partial charge in [-0.05, 0) is 42.8 Å². The highest BCUT2D eigenvalue weighted by Gasteiger charge is 2.34. The summed E-state index contributed by atoms with van der Waals surface area (Å²) >= 11 is 0. The summed E-state index contributed by atoms with van der Waals surface area (Å²) in [6.07, 6.45) is 3.23. The number of rotatable bonds is 7. The van der Waals surface area contributed by atoms with Crippen molar-refractivity contribution in [1.82, 2.24) is 5.06 Å². The van der Waals surface area contributed by atoms with Crippen molar-refractivity contribution in [3.8, 4) is 17.2 Å². The monoisotopic (exact) mass is 419 g/mol. The third-order valence-corrected chi connectivity index (χ3v) is 4.55. The van der Waals surface area contributed by atoms with Crippen molar-refractivity contribution < 1.29 is 23.8 Å². The van der Waals surface area contributed by atoms with Gasteiger partial charge in [0.05, 0.1) is 12.7 Å². The minimum Gasteiger partial charge on any atom is -0.493 e. The molecule has 2 aromatic rings. The zero-order valence-electron chi connectivity index (χ0n) is 17.1. The highest BCUT2D eigenvalue weighted by Crippen LogP contribution is 2.26. The number of fused-ring (bicyclic) bond motifs is 1. The molecule has 158 valence electrons. The second-order valence-corrected chi connectivity index (χ2v) is 6.74. The lowest BCUT2D eigenvalue weighted by Gasteiger charge is -2.22. The van der Waals surface area contributed by atoms with Crippen molar-refractivity contribution in [1.29, 1.82) is 5.41 Å². The predicted molar refractivity (Wildman–Crippen MR) is 115 cm³/mol. The van der Waals surface area contributed by atoms with Gasteiger partial charge in [0.2, 0.25) is 0 Å². The molecule has 0 spiro atoms. The number of hydrogen-bond donors (Lipinski definition) is 1. The van der Waals surface area contributed by atoms with Gasteiger partial charge in [0.1, 0.15) is 24.7 Å². The van der Waals surface area contributed by atoms with E-state index >= 15 is 0 Å². The van der Waals surface area contributed by atoms with E-state index in [2.05, 4.69) is 4.99 Å². The van der Waals surface area contributed by atoms with Crippen molar-refractivity contribution >= 4 is 23.7 Å². The number of ether oxygens (including phenoxy) is 3. The molecule has 31 heavy (non-hydrogen) atoms. The topological polar surface area (TPSA) is 93.4 Å². The predicted octanol–water partition coefficient (Wildman–Crippen LogP) is 3.60. The van der Waals surface area contributed by atoms with Gasteiger partial charge in [-0.15, -0.1) is 5.06 Å². The number of carbonyl (C=O) groups is 1. The Hall–Kier alpha value is -4.07. The molecular weight excluding hydrogens is 398 g/mol. The molecule has 2 aliphatic heterocycles. The molecule has 0 saturated heterocycles. The number of methoxy groups -OCH3 is 1. The molecule has 0 radical (unpaired) electrons. The molecular formula is C23H21N3O5. The number of hydroxylamine groups is 2. The largest absolute Gasteiger partial charge is 0.493 e. The average molecular weight is 419 g/mol. The van der Waals surface area contributed by atoms with Gasteiger partial charge >= 0.3 is 0 Å². The molecule has 1 amide bonds. The lowest BCUT2D eigenvalue weighted by molar-refractivity contribution is -0.114. The van der Waals surface area contributed by atoms with Gasteiger partial charge in [-0.2, -0.15) is 4.99 Å². The van der Waals surface area contributed by atoms with Crippen molar-refractivity contribution in [2.45, 2.75) is 6.92 Å². The Morgan fingerprint density at radius 1 is 1.06 bits per heavy atom. The van der Waals surface area contributed by atoms with Crippen LogP contribution in [0.5, 0.6) is 17.2 Å². The molecule has 0 fully saturated rings. The van der Waals surface area contributed by atoms with Crippen molar-refractivity contribution in [3.05, 3.63) is 71.5 Å². The van der Waals surface area contributed by atoms with E-state index in [4.69, 9.17) is 24.5 Å². The molecule has 0 aliphatic carbocycles. The first-order valence-corrected chi connectivity index (χ1v) is 9.64. The Labute approximate surface area is 179 Å². The van der Waals surface area contributed by atoms with Crippen LogP contribution in [0.3, 0.4) is 0 Å². The number of amidine groups is 2. The van der Waals surface area contributed by atoms with Gasteiger partial charge in [0.15, 0.2) is 23.2 Å². The van der Waals surface area contributed by atoms with E-state index in [9.17, 15) is 4.79 Å². The fourth-order valence-electron chi connectivity index (χ4n) is 3.08. The standard InChI is InChI=1S/C23H21N3O5/c1-15-13-21-25-23(27)18(22(24)26(21)31-15)14-16-7-9-17(10-8-16)29-11-12-30-20-6-4-3-5-19(20)28-2/h3-10,13-14,24H,11-12H2,1-2H3/b18-14+,24-22?. The van der Waals surface area contributed by atoms with Crippen molar-refractivity contribution in [2.24, 2.45) is 4.99 Å². The third-order valence-electron chi connectivity index (χ3n) is 4.55. The van der Waals surface area contributed by atoms with Gasteiger partial charge in [-0.3, -0.25) is 10.2 Å². The quantitative estimate of drug-likeness (QED) is 0.544. The second kappa shape index (κ2) is 8.74. The molecule has 0 bridgehead atoms. The molecule has 0 saturated carbocycles. The fraction of sp³-hybridized carbons (Fsp3) is 0.174. The summed E-state index contributed by atoms with van der Waals surface area (Å²) in [5.74, 6) is 2.38. The summed E-state index contributed by atoms with van der Waals surface area (Å²) in [4.78, 5) is 21.7. The van der Waals surface area contributed by atoms with E-state index in [0.29, 0.717) is 42.1 Å². The minimum atomic E-state index is -0.473. The van der Waals surface area contributed by atoms with Crippen LogP contribution in [0.15, 0.2) is 70.9 Å². The Bertz CT molecular complexity index is 1100. The zero-order chi connectivity index (χ0) is 21.8. The number of para-hydroxylation sites is 2. The van der Waals surface area contributed by atoms with Crippen LogP contribution in [0.25, 0.3) is 6.08 Å². The van der Waals surface area contributed by atoms with E-state index in [1.165, 1.54) is 5.06 Å². The number of nitrogens with zero attached hydrogens (tertiary/aromatic N) is 2. The summed E-state index contributed by atoms with van der Waals surface area (Å²) in [7, 11) is 1.60. The Morgan fingerprint density at radius 2 is 1.77 bits per heavy atom. The second-order valence-electron chi connectivity index (χ2n) is 6.74. The molecule has 2 heterocycles. The Kier molecular flexibility index (Phi) is 5.70. The van der Waals surface area contributed by atoms with Crippen molar-refractivity contribution in [2.75, 3.05) is 20.3 Å². The van der Waals surface area contributed by atoms with E-state index in [1.807, 2.05) is 24.3 Å². The molecule has 2 aromatic carbocycles. The maximum atomic E-state index is 12.3. The number of amides is 1. The van der Waals surface area contributed by atoms with Gasteiger partial charge < -0.3 is 19.0 Å². The number of carbonyl (C=O) groups excluding carboxylic acids is 1. The van der Waals surface area contributed by atoms with Gasteiger partial charge in [0, 0.05) is 6.08 Å². The van der Waals surface area contributed by atoms with Crippen molar-refractivity contribution in [3.63, 3.8) is 0 Å². The summed E-state index contributed by atoms with van der Waals surface area (Å²) < 4.78 is 16.6. The molecule has 8 nitrogen and oxygen atoms in total. The number of hydrogen-bond acceptors (Lipinski definition) is 6. The van der Waals surface area contributed by atoms with Crippen LogP contribution in [-0.2, 0) is 9.63 Å². The van der Waals surface area contributed by atoms with Crippen LogP contribution in [0, 0.1) is 5.41 Å². The summed E-state index contributed by atoms with van der Waals surface area (Å²) in [6.45, 7) is 2.46. The number of aliphatic imine (C=N–C) groups is 1. The fourth-order valence-corrected chi connectivity index (χ4v) is 3.08. The SMILES string of the molecule is COc1ccccc1OCCOc1ccc(/C=C2\C(=N)N3OC(C)=CC3=NC2=O)cc1. The zero-order valence-corrected chi connectivity index (χ0v) is 17.1. The first-order chi connectivity index (χ1) is 15.0. The normalized spacial score (nSPS) is 16.5. The van der Waals surface area contributed by atoms with Gasteiger partial charge in [0.25, 0.3) is 5.91 Å². The molecule has 0 atom stereocenters. The Morgan fingerprint density at radius 3 is 2.52 bits per heavy atom. The van der Waals surface area contributed by atoms with Crippen LogP contribution in [0.1, 0.15) is 12.5 Å². The van der Waals surface area contributed by atoms with Crippen LogP contribution in [0.2, 0.25) is 0 Å². The molecule has 0 unspecified atom stereocenters. The van der Waals surface area contributed by atoms with Gasteiger partial charge in [-0.25, -0.2) is 0 Å². The van der Waals surface area contributed by atoms with Crippen LogP contribution in [-0.4, -0.2) is 43.0 Å². The molecule has 2 aliphatic rings. The molecule has 4 rings (SSSR count). The smallest absolute Gasteiger partial charge is 0.282 e. The van der Waals surface area contributed by atoms with Crippen LogP contribution < -0.4 is 14.2 Å².